The van der Waals surface area contributed by atoms with Crippen LogP contribution in [-0.2, 0) is 14.3 Å². The first-order chi connectivity index (χ1) is 11.4. The summed E-state index contributed by atoms with van der Waals surface area (Å²) in [5, 5.41) is 4.83. The van der Waals surface area contributed by atoms with Crippen molar-refractivity contribution in [1.82, 2.24) is 10.2 Å². The Morgan fingerprint density at radius 3 is 2.67 bits per heavy atom. The third kappa shape index (κ3) is 2.94. The monoisotopic (exact) mass is 339 g/mol. The molecule has 2 fully saturated rings. The standard InChI is InChI=1S/C15H15F2N3O4/c16-9-1-2-11(10(17)7-9)18-12(21)8-20-13(22)15(19-14(20)23)3-5-24-6-4-15/h1-2,7H,3-6,8H2,(H,18,21)(H,19,23). The maximum absolute atomic E-state index is 13.5. The molecule has 0 saturated carbocycles. The van der Waals surface area contributed by atoms with Gasteiger partial charge in [0, 0.05) is 32.1 Å². The van der Waals surface area contributed by atoms with Gasteiger partial charge in [-0.15, -0.1) is 0 Å². The van der Waals surface area contributed by atoms with E-state index in [1.807, 2.05) is 0 Å². The molecule has 128 valence electrons. The second-order valence-corrected chi connectivity index (χ2v) is 5.69. The maximum atomic E-state index is 13.5. The SMILES string of the molecule is O=C(CN1C(=O)NC2(CCOCC2)C1=O)Nc1ccc(F)cc1F. The highest BCUT2D eigenvalue weighted by Gasteiger charge is 2.52. The van der Waals surface area contributed by atoms with E-state index in [2.05, 4.69) is 10.6 Å². The summed E-state index contributed by atoms with van der Waals surface area (Å²) in [5.41, 5.74) is -1.26. The molecule has 1 aromatic rings. The predicted octanol–water partition coefficient (Wildman–Crippen LogP) is 1.00. The number of hydrogen-bond donors (Lipinski definition) is 2. The average molecular weight is 339 g/mol. The van der Waals surface area contributed by atoms with Gasteiger partial charge in [0.2, 0.25) is 5.91 Å². The quantitative estimate of drug-likeness (QED) is 0.805. The topological polar surface area (TPSA) is 87.7 Å². The van der Waals surface area contributed by atoms with Crippen molar-refractivity contribution in [2.45, 2.75) is 18.4 Å². The molecule has 0 bridgehead atoms. The molecule has 3 rings (SSSR count). The Labute approximate surface area is 135 Å². The number of anilines is 1. The highest BCUT2D eigenvalue weighted by Crippen LogP contribution is 2.28. The number of carbonyl (C=O) groups excluding carboxylic acids is 3. The van der Waals surface area contributed by atoms with Crippen molar-refractivity contribution in [2.75, 3.05) is 25.1 Å². The van der Waals surface area contributed by atoms with Gasteiger partial charge in [0.05, 0.1) is 5.69 Å². The summed E-state index contributed by atoms with van der Waals surface area (Å²) in [6.45, 7) is 0.129. The number of rotatable bonds is 3. The predicted molar refractivity (Wildman–Crippen MR) is 78.0 cm³/mol. The molecule has 0 aromatic heterocycles. The lowest BCUT2D eigenvalue weighted by molar-refractivity contribution is -0.136. The van der Waals surface area contributed by atoms with Crippen molar-refractivity contribution < 1.29 is 27.9 Å². The molecule has 0 unspecified atom stereocenters. The van der Waals surface area contributed by atoms with Gasteiger partial charge in [0.15, 0.2) is 0 Å². The van der Waals surface area contributed by atoms with Crippen LogP contribution in [0.15, 0.2) is 18.2 Å². The molecule has 1 spiro atoms. The van der Waals surface area contributed by atoms with Crippen LogP contribution in [0.3, 0.4) is 0 Å². The molecule has 0 radical (unpaired) electrons. The number of halogens is 2. The Morgan fingerprint density at radius 1 is 1.29 bits per heavy atom. The van der Waals surface area contributed by atoms with Gasteiger partial charge in [0.1, 0.15) is 23.7 Å². The second kappa shape index (κ2) is 6.16. The van der Waals surface area contributed by atoms with Crippen LogP contribution in [0.2, 0.25) is 0 Å². The van der Waals surface area contributed by atoms with E-state index >= 15 is 0 Å². The summed E-state index contributed by atoms with van der Waals surface area (Å²) in [5.74, 6) is -2.97. The number of imide groups is 1. The number of nitrogens with one attached hydrogen (secondary N) is 2. The number of benzene rings is 1. The molecule has 2 aliphatic rings. The van der Waals surface area contributed by atoms with E-state index in [1.165, 1.54) is 0 Å². The van der Waals surface area contributed by atoms with Gasteiger partial charge in [-0.3, -0.25) is 14.5 Å². The zero-order valence-electron chi connectivity index (χ0n) is 12.6. The molecular weight excluding hydrogens is 324 g/mol. The normalized spacial score (nSPS) is 19.5. The van der Waals surface area contributed by atoms with Crippen LogP contribution in [0, 0.1) is 11.6 Å². The average Bonchev–Trinajstić information content (AvgIpc) is 2.75. The van der Waals surface area contributed by atoms with E-state index in [1.54, 1.807) is 0 Å². The first-order valence-electron chi connectivity index (χ1n) is 7.38. The minimum atomic E-state index is -1.03. The molecule has 4 amide bonds. The molecule has 1 aromatic carbocycles. The van der Waals surface area contributed by atoms with Crippen LogP contribution in [-0.4, -0.2) is 48.0 Å². The molecule has 0 atom stereocenters. The molecule has 2 heterocycles. The zero-order chi connectivity index (χ0) is 17.3. The third-order valence-corrected chi connectivity index (χ3v) is 4.10. The van der Waals surface area contributed by atoms with E-state index in [-0.39, 0.29) is 5.69 Å². The van der Waals surface area contributed by atoms with Gasteiger partial charge in [-0.25, -0.2) is 13.6 Å². The number of nitrogens with zero attached hydrogens (tertiary/aromatic N) is 1. The first kappa shape index (κ1) is 16.3. The fraction of sp³-hybridized carbons (Fsp3) is 0.400. The van der Waals surface area contributed by atoms with Crippen LogP contribution in [0.5, 0.6) is 0 Å². The van der Waals surface area contributed by atoms with E-state index < -0.39 is 41.6 Å². The smallest absolute Gasteiger partial charge is 0.325 e. The van der Waals surface area contributed by atoms with Crippen molar-refractivity contribution in [2.24, 2.45) is 0 Å². The first-order valence-corrected chi connectivity index (χ1v) is 7.38. The third-order valence-electron chi connectivity index (χ3n) is 4.10. The van der Waals surface area contributed by atoms with Gasteiger partial charge in [-0.05, 0) is 12.1 Å². The Morgan fingerprint density at radius 2 is 2.00 bits per heavy atom. The van der Waals surface area contributed by atoms with Gasteiger partial charge >= 0.3 is 6.03 Å². The summed E-state index contributed by atoms with van der Waals surface area (Å²) < 4.78 is 31.6. The van der Waals surface area contributed by atoms with Crippen LogP contribution in [0.1, 0.15) is 12.8 Å². The highest BCUT2D eigenvalue weighted by molar-refractivity contribution is 6.10. The summed E-state index contributed by atoms with van der Waals surface area (Å²) in [7, 11) is 0. The van der Waals surface area contributed by atoms with Gasteiger partial charge in [-0.2, -0.15) is 0 Å². The van der Waals surface area contributed by atoms with E-state index in [9.17, 15) is 23.2 Å². The number of hydrogen-bond acceptors (Lipinski definition) is 4. The molecule has 2 N–H and O–H groups in total. The Bertz CT molecular complexity index is 704. The van der Waals surface area contributed by atoms with Gasteiger partial charge in [-0.1, -0.05) is 0 Å². The highest BCUT2D eigenvalue weighted by atomic mass is 19.1. The summed E-state index contributed by atoms with van der Waals surface area (Å²) in [6.07, 6.45) is 0.671. The lowest BCUT2D eigenvalue weighted by Gasteiger charge is -2.30. The molecule has 7 nitrogen and oxygen atoms in total. The molecule has 24 heavy (non-hydrogen) atoms. The summed E-state index contributed by atoms with van der Waals surface area (Å²) >= 11 is 0. The van der Waals surface area contributed by atoms with Crippen molar-refractivity contribution in [3.63, 3.8) is 0 Å². The van der Waals surface area contributed by atoms with Crippen LogP contribution in [0.4, 0.5) is 19.3 Å². The van der Waals surface area contributed by atoms with Crippen molar-refractivity contribution in [1.29, 1.82) is 0 Å². The van der Waals surface area contributed by atoms with Crippen molar-refractivity contribution in [3.05, 3.63) is 29.8 Å². The van der Waals surface area contributed by atoms with E-state index in [4.69, 9.17) is 4.74 Å². The van der Waals surface area contributed by atoms with Gasteiger partial charge < -0.3 is 15.4 Å². The fourth-order valence-corrected chi connectivity index (χ4v) is 2.80. The lowest BCUT2D eigenvalue weighted by Crippen LogP contribution is -2.51. The minimum absolute atomic E-state index is 0.228. The minimum Gasteiger partial charge on any atom is -0.381 e. The molecule has 2 aliphatic heterocycles. The number of urea groups is 1. The van der Waals surface area contributed by atoms with Crippen LogP contribution in [0.25, 0.3) is 0 Å². The zero-order valence-corrected chi connectivity index (χ0v) is 12.6. The second-order valence-electron chi connectivity index (χ2n) is 5.69. The molecule has 2 saturated heterocycles. The van der Waals surface area contributed by atoms with E-state index in [0.29, 0.717) is 32.1 Å². The number of carbonyl (C=O) groups is 3. The Balaban J connectivity index is 1.68. The van der Waals surface area contributed by atoms with Crippen LogP contribution >= 0.6 is 0 Å². The van der Waals surface area contributed by atoms with Crippen LogP contribution < -0.4 is 10.6 Å². The number of amides is 4. The molecular formula is C15H15F2N3O4. The van der Waals surface area contributed by atoms with Crippen molar-refractivity contribution >= 4 is 23.5 Å². The Kier molecular flexibility index (Phi) is 4.18. The molecule has 9 heteroatoms. The molecule has 0 aliphatic carbocycles. The summed E-state index contributed by atoms with van der Waals surface area (Å²) in [4.78, 5) is 37.3. The largest absolute Gasteiger partial charge is 0.381 e. The summed E-state index contributed by atoms with van der Waals surface area (Å²) in [6, 6.07) is 2.01. The van der Waals surface area contributed by atoms with Crippen molar-refractivity contribution in [3.8, 4) is 0 Å². The Hall–Kier alpha value is -2.55. The van der Waals surface area contributed by atoms with Gasteiger partial charge in [0.25, 0.3) is 5.91 Å². The maximum Gasteiger partial charge on any atom is 0.325 e. The lowest BCUT2D eigenvalue weighted by atomic mass is 9.90. The number of ether oxygens (including phenoxy) is 1. The fourth-order valence-electron chi connectivity index (χ4n) is 2.80. The van der Waals surface area contributed by atoms with E-state index in [0.717, 1.165) is 17.0 Å².